The molecule has 1 atom stereocenters. The molecular weight excluding hydrogens is 306 g/mol. The highest BCUT2D eigenvalue weighted by atomic mass is 79.9. The van der Waals surface area contributed by atoms with Crippen LogP contribution in [0.4, 0.5) is 0 Å². The lowest BCUT2D eigenvalue weighted by Gasteiger charge is -2.14. The summed E-state index contributed by atoms with van der Waals surface area (Å²) in [7, 11) is 0. The van der Waals surface area contributed by atoms with Crippen LogP contribution in [0, 0.1) is 0 Å². The molecule has 4 N–H and O–H groups in total. The molecule has 0 bridgehead atoms. The summed E-state index contributed by atoms with van der Waals surface area (Å²) < 4.78 is 0.957. The number of hydrogen-bond acceptors (Lipinski definition) is 2. The summed E-state index contributed by atoms with van der Waals surface area (Å²) in [4.78, 5) is 16.8. The molecule has 0 aliphatic rings. The number of H-pyrrole nitrogens is 2. The van der Waals surface area contributed by atoms with E-state index in [-0.39, 0.29) is 11.7 Å². The van der Waals surface area contributed by atoms with E-state index in [2.05, 4.69) is 32.8 Å². The maximum atomic E-state index is 11.3. The highest BCUT2D eigenvalue weighted by Gasteiger charge is 2.12. The molecule has 104 valence electrons. The Kier molecular flexibility index (Phi) is 4.82. The van der Waals surface area contributed by atoms with Crippen molar-refractivity contribution in [3.63, 3.8) is 0 Å². The van der Waals surface area contributed by atoms with E-state index in [0.717, 1.165) is 33.9 Å². The predicted octanol–water partition coefficient (Wildman–Crippen LogP) is 3.59. The highest BCUT2D eigenvalue weighted by molar-refractivity contribution is 9.10. The van der Waals surface area contributed by atoms with Gasteiger partial charge in [-0.3, -0.25) is 0 Å². The second kappa shape index (κ2) is 6.39. The molecule has 1 aromatic heterocycles. The second-order valence-electron chi connectivity index (χ2n) is 4.95. The monoisotopic (exact) mass is 325 g/mol. The molecule has 0 fully saturated rings. The average molecular weight is 326 g/mol. The lowest BCUT2D eigenvalue weighted by molar-refractivity contribution is 0.565. The highest BCUT2D eigenvalue weighted by Crippen LogP contribution is 2.28. The first-order chi connectivity index (χ1) is 9.11. The van der Waals surface area contributed by atoms with Crippen LogP contribution in [0.1, 0.15) is 50.6 Å². The lowest BCUT2D eigenvalue weighted by atomic mass is 10.0. The fourth-order valence-corrected chi connectivity index (χ4v) is 2.94. The van der Waals surface area contributed by atoms with Gasteiger partial charge < -0.3 is 15.7 Å². The molecule has 2 aromatic rings. The van der Waals surface area contributed by atoms with Crippen molar-refractivity contribution in [3.05, 3.63) is 32.7 Å². The first-order valence-electron chi connectivity index (χ1n) is 6.79. The molecule has 0 saturated carbocycles. The zero-order chi connectivity index (χ0) is 13.8. The van der Waals surface area contributed by atoms with Crippen LogP contribution >= 0.6 is 15.9 Å². The summed E-state index contributed by atoms with van der Waals surface area (Å²) >= 11 is 3.53. The Hall–Kier alpha value is -1.07. The number of aromatic amines is 2. The summed E-state index contributed by atoms with van der Waals surface area (Å²) in [5.41, 5.74) is 8.73. The minimum Gasteiger partial charge on any atom is -0.324 e. The second-order valence-corrected chi connectivity index (χ2v) is 5.81. The zero-order valence-corrected chi connectivity index (χ0v) is 12.7. The van der Waals surface area contributed by atoms with Crippen molar-refractivity contribution in [2.24, 2.45) is 5.73 Å². The third-order valence-corrected chi connectivity index (χ3v) is 4.09. The van der Waals surface area contributed by atoms with Gasteiger partial charge in [0.2, 0.25) is 0 Å². The number of unbranched alkanes of at least 4 members (excludes halogenated alkanes) is 3. The minimum atomic E-state index is -0.185. The molecule has 1 aromatic carbocycles. The van der Waals surface area contributed by atoms with Crippen LogP contribution in [0.3, 0.4) is 0 Å². The van der Waals surface area contributed by atoms with E-state index in [0.29, 0.717) is 0 Å². The van der Waals surface area contributed by atoms with Gasteiger partial charge in [-0.2, -0.15) is 0 Å². The smallest absolute Gasteiger partial charge is 0.323 e. The quantitative estimate of drug-likeness (QED) is 0.710. The Labute approximate surface area is 120 Å². The van der Waals surface area contributed by atoms with Gasteiger partial charge in [0, 0.05) is 10.5 Å². The van der Waals surface area contributed by atoms with Crippen LogP contribution < -0.4 is 11.4 Å². The molecule has 0 saturated heterocycles. The molecular formula is C14H20BrN3O. The van der Waals surface area contributed by atoms with Gasteiger partial charge >= 0.3 is 5.69 Å². The number of aromatic nitrogens is 2. The van der Waals surface area contributed by atoms with Gasteiger partial charge in [-0.1, -0.05) is 48.5 Å². The van der Waals surface area contributed by atoms with Crippen LogP contribution in [0.5, 0.6) is 0 Å². The summed E-state index contributed by atoms with van der Waals surface area (Å²) in [6.07, 6.45) is 5.83. The topological polar surface area (TPSA) is 74.7 Å². The maximum Gasteiger partial charge on any atom is 0.323 e. The number of nitrogens with one attached hydrogen (secondary N) is 2. The largest absolute Gasteiger partial charge is 0.324 e. The van der Waals surface area contributed by atoms with Gasteiger partial charge in [0.15, 0.2) is 0 Å². The SMILES string of the molecule is CCCCCCC(N)c1cc2[nH]c(=O)[nH]c2cc1Br. The fourth-order valence-electron chi connectivity index (χ4n) is 2.30. The van der Waals surface area contributed by atoms with E-state index in [1.807, 2.05) is 12.1 Å². The Morgan fingerprint density at radius 1 is 1.21 bits per heavy atom. The number of halogens is 1. The van der Waals surface area contributed by atoms with Crippen molar-refractivity contribution in [2.45, 2.75) is 45.1 Å². The number of hydrogen-bond donors (Lipinski definition) is 3. The molecule has 1 heterocycles. The molecule has 0 radical (unpaired) electrons. The van der Waals surface area contributed by atoms with Crippen LogP contribution in [0.25, 0.3) is 11.0 Å². The number of nitrogens with two attached hydrogens (primary N) is 1. The van der Waals surface area contributed by atoms with Crippen molar-refractivity contribution in [2.75, 3.05) is 0 Å². The standard InChI is InChI=1S/C14H20BrN3O/c1-2-3-4-5-6-11(16)9-7-12-13(8-10(9)15)18-14(19)17-12/h7-8,11H,2-6,16H2,1H3,(H2,17,18,19). The lowest BCUT2D eigenvalue weighted by Crippen LogP contribution is -2.10. The summed E-state index contributed by atoms with van der Waals surface area (Å²) in [6, 6.07) is 3.88. The normalized spacial score (nSPS) is 13.0. The Morgan fingerprint density at radius 2 is 1.89 bits per heavy atom. The molecule has 0 amide bonds. The number of fused-ring (bicyclic) bond motifs is 1. The third-order valence-electron chi connectivity index (χ3n) is 3.40. The van der Waals surface area contributed by atoms with Crippen LogP contribution in [0.15, 0.2) is 21.4 Å². The van der Waals surface area contributed by atoms with Crippen molar-refractivity contribution in [1.29, 1.82) is 0 Å². The number of rotatable bonds is 6. The minimum absolute atomic E-state index is 0.00836. The molecule has 19 heavy (non-hydrogen) atoms. The van der Waals surface area contributed by atoms with E-state index < -0.39 is 0 Å². The van der Waals surface area contributed by atoms with E-state index >= 15 is 0 Å². The Morgan fingerprint density at radius 3 is 2.58 bits per heavy atom. The van der Waals surface area contributed by atoms with E-state index in [1.54, 1.807) is 0 Å². The molecule has 0 aliphatic carbocycles. The summed E-state index contributed by atoms with van der Waals surface area (Å²) in [5.74, 6) is 0. The van der Waals surface area contributed by atoms with E-state index in [1.165, 1.54) is 19.3 Å². The predicted molar refractivity (Wildman–Crippen MR) is 82.3 cm³/mol. The van der Waals surface area contributed by atoms with E-state index in [4.69, 9.17) is 5.73 Å². The third kappa shape index (κ3) is 3.48. The molecule has 4 nitrogen and oxygen atoms in total. The Balaban J connectivity index is 2.14. The molecule has 2 rings (SSSR count). The number of benzene rings is 1. The summed E-state index contributed by atoms with van der Waals surface area (Å²) in [6.45, 7) is 2.20. The van der Waals surface area contributed by atoms with Crippen LogP contribution in [-0.2, 0) is 0 Å². The van der Waals surface area contributed by atoms with Crippen molar-refractivity contribution < 1.29 is 0 Å². The van der Waals surface area contributed by atoms with Gasteiger partial charge in [-0.25, -0.2) is 4.79 Å². The van der Waals surface area contributed by atoms with Crippen LogP contribution in [0.2, 0.25) is 0 Å². The first-order valence-corrected chi connectivity index (χ1v) is 7.58. The first kappa shape index (κ1) is 14.3. The average Bonchev–Trinajstić information content (AvgIpc) is 2.72. The maximum absolute atomic E-state index is 11.3. The van der Waals surface area contributed by atoms with Crippen LogP contribution in [-0.4, -0.2) is 9.97 Å². The van der Waals surface area contributed by atoms with Gasteiger partial charge in [0.25, 0.3) is 0 Å². The van der Waals surface area contributed by atoms with Crippen molar-refractivity contribution in [3.8, 4) is 0 Å². The van der Waals surface area contributed by atoms with Gasteiger partial charge in [0.05, 0.1) is 11.0 Å². The van der Waals surface area contributed by atoms with Gasteiger partial charge in [0.1, 0.15) is 0 Å². The zero-order valence-electron chi connectivity index (χ0n) is 11.1. The van der Waals surface area contributed by atoms with Crippen molar-refractivity contribution in [1.82, 2.24) is 9.97 Å². The summed E-state index contributed by atoms with van der Waals surface area (Å²) in [5, 5.41) is 0. The van der Waals surface area contributed by atoms with E-state index in [9.17, 15) is 4.79 Å². The molecule has 0 aliphatic heterocycles. The molecule has 5 heteroatoms. The molecule has 0 spiro atoms. The fraction of sp³-hybridized carbons (Fsp3) is 0.500. The van der Waals surface area contributed by atoms with Gasteiger partial charge in [-0.05, 0) is 24.1 Å². The molecule has 1 unspecified atom stereocenters. The Bertz CT molecular complexity index is 602. The van der Waals surface area contributed by atoms with Gasteiger partial charge in [-0.15, -0.1) is 0 Å². The number of imidazole rings is 1. The van der Waals surface area contributed by atoms with Crippen molar-refractivity contribution >= 4 is 27.0 Å².